The molecule has 2 fully saturated rings. The molecule has 1 saturated carbocycles. The van der Waals surface area contributed by atoms with Gasteiger partial charge in [0.05, 0.1) is 30.5 Å². The number of fused-ring (bicyclic) bond motifs is 1. The highest BCUT2D eigenvalue weighted by Gasteiger charge is 2.53. The fourth-order valence-corrected chi connectivity index (χ4v) is 10.7. The van der Waals surface area contributed by atoms with Crippen LogP contribution in [-0.4, -0.2) is 96.4 Å². The van der Waals surface area contributed by atoms with E-state index in [1.165, 1.54) is 0 Å². The standard InChI is InChI=1S/C52H76N2O8/c1-4-5-21-47(58)48(59)30-25-39-24-23-38-16-8-7-15-37(38)17-12-22-49(51(3,62)52(31-9-6-10-32-52)41-26-28-42(56)29-27-41)54-46(44(39)34-43(57)35-55)20-13-19-45-40(33-50(60)61)18-11-14-36(2)53-45/h7-8,15-16,25-30,36,40,43,45-49,53-59,62H,4-6,9-11,13-14,18-24,31-35H2,1-3H3,(H,60,61)/b30-25+,44-39+/t36-,40+,43-,45+,46-,47-,48+,49+,51+/m0/s1. The highest BCUT2D eigenvalue weighted by Crippen LogP contribution is 2.50. The second-order valence-electron chi connectivity index (χ2n) is 18.8. The number of aliphatic carboxylic acids is 1. The van der Waals surface area contributed by atoms with Crippen molar-refractivity contribution in [2.45, 2.75) is 196 Å². The summed E-state index contributed by atoms with van der Waals surface area (Å²) in [6, 6.07) is 14.6. The zero-order chi connectivity index (χ0) is 44.7. The summed E-state index contributed by atoms with van der Waals surface area (Å²) in [5.41, 5.74) is 2.61. The van der Waals surface area contributed by atoms with E-state index in [0.29, 0.717) is 38.5 Å². The minimum absolute atomic E-state index is 0.00528. The Labute approximate surface area is 371 Å². The number of hydrogen-bond acceptors (Lipinski definition) is 9. The average Bonchev–Trinajstić information content (AvgIpc) is 3.43. The summed E-state index contributed by atoms with van der Waals surface area (Å²) in [5, 5.41) is 85.1. The first-order valence-electron chi connectivity index (χ1n) is 23.7. The number of carboxylic acid groups (broad SMARTS) is 1. The topological polar surface area (TPSA) is 183 Å². The number of aliphatic hydroxyl groups excluding tert-OH is 4. The fraction of sp³-hybridized carbons (Fsp3) is 0.635. The lowest BCUT2D eigenvalue weighted by molar-refractivity contribution is -0.138. The number of aromatic hydroxyl groups is 1. The third-order valence-electron chi connectivity index (χ3n) is 14.4. The van der Waals surface area contributed by atoms with E-state index in [0.717, 1.165) is 98.5 Å². The summed E-state index contributed by atoms with van der Waals surface area (Å²) in [6.07, 6.45) is 13.5. The van der Waals surface area contributed by atoms with E-state index < -0.39 is 54.0 Å². The molecular weight excluding hydrogens is 781 g/mol. The lowest BCUT2D eigenvalue weighted by atomic mass is 9.57. The van der Waals surface area contributed by atoms with Gasteiger partial charge in [-0.2, -0.15) is 0 Å². The number of carboxylic acids is 1. The molecule has 1 saturated heterocycles. The van der Waals surface area contributed by atoms with Gasteiger partial charge in [0.1, 0.15) is 5.75 Å². The number of unbranched alkanes of at least 4 members (excludes halogenated alkanes) is 1. The van der Waals surface area contributed by atoms with Gasteiger partial charge in [0.2, 0.25) is 0 Å². The molecule has 5 rings (SSSR count). The van der Waals surface area contributed by atoms with Crippen LogP contribution in [0.25, 0.3) is 0 Å². The maximum absolute atomic E-state index is 13.4. The molecular formula is C52H76N2O8. The molecule has 0 radical (unpaired) electrons. The quantitative estimate of drug-likeness (QED) is 0.0688. The molecule has 0 unspecified atom stereocenters. The number of allylic oxidation sites excluding steroid dienone is 2. The van der Waals surface area contributed by atoms with E-state index in [-0.39, 0.29) is 36.6 Å². The highest BCUT2D eigenvalue weighted by atomic mass is 16.4. The van der Waals surface area contributed by atoms with Gasteiger partial charge in [0.25, 0.3) is 0 Å². The largest absolute Gasteiger partial charge is 0.508 e. The van der Waals surface area contributed by atoms with E-state index >= 15 is 0 Å². The van der Waals surface area contributed by atoms with E-state index in [1.807, 2.05) is 50.3 Å². The van der Waals surface area contributed by atoms with Gasteiger partial charge in [-0.25, -0.2) is 0 Å². The fourth-order valence-electron chi connectivity index (χ4n) is 10.7. The summed E-state index contributed by atoms with van der Waals surface area (Å²) < 4.78 is 0. The van der Waals surface area contributed by atoms with Crippen LogP contribution in [0.4, 0.5) is 0 Å². The Balaban J connectivity index is 1.67. The molecule has 0 bridgehead atoms. The van der Waals surface area contributed by atoms with E-state index in [1.54, 1.807) is 18.2 Å². The first-order chi connectivity index (χ1) is 29.8. The maximum Gasteiger partial charge on any atom is 0.303 e. The summed E-state index contributed by atoms with van der Waals surface area (Å²) in [6.45, 7) is 5.68. The van der Waals surface area contributed by atoms with Gasteiger partial charge in [-0.3, -0.25) is 4.79 Å². The highest BCUT2D eigenvalue weighted by molar-refractivity contribution is 5.67. The van der Waals surface area contributed by atoms with Crippen molar-refractivity contribution in [1.29, 1.82) is 0 Å². The van der Waals surface area contributed by atoms with Crippen molar-refractivity contribution in [3.63, 3.8) is 0 Å². The Morgan fingerprint density at radius 3 is 2.42 bits per heavy atom. The molecule has 62 heavy (non-hydrogen) atoms. The monoisotopic (exact) mass is 857 g/mol. The van der Waals surface area contributed by atoms with Gasteiger partial charge in [0.15, 0.2) is 0 Å². The predicted octanol–water partition coefficient (Wildman–Crippen LogP) is 7.36. The van der Waals surface area contributed by atoms with E-state index in [9.17, 15) is 40.5 Å². The molecule has 2 heterocycles. The van der Waals surface area contributed by atoms with Gasteiger partial charge < -0.3 is 46.4 Å². The Kier molecular flexibility index (Phi) is 19.1. The maximum atomic E-state index is 13.4. The van der Waals surface area contributed by atoms with Crippen LogP contribution in [-0.2, 0) is 16.6 Å². The normalized spacial score (nSPS) is 27.3. The summed E-state index contributed by atoms with van der Waals surface area (Å²) in [5.74, 6) is 6.31. The number of phenols is 1. The lowest BCUT2D eigenvalue weighted by Gasteiger charge is -2.52. The number of hydrogen-bond donors (Lipinski definition) is 9. The molecule has 10 heteroatoms. The minimum Gasteiger partial charge on any atom is -0.508 e. The second-order valence-corrected chi connectivity index (χ2v) is 18.8. The number of aryl methyl sites for hydroxylation is 1. The third-order valence-corrected chi connectivity index (χ3v) is 14.4. The van der Waals surface area contributed by atoms with Crippen LogP contribution in [0, 0.1) is 17.8 Å². The van der Waals surface area contributed by atoms with Crippen molar-refractivity contribution in [2.75, 3.05) is 6.61 Å². The zero-order valence-corrected chi connectivity index (χ0v) is 37.6. The molecule has 0 aromatic heterocycles. The van der Waals surface area contributed by atoms with Crippen molar-refractivity contribution in [3.05, 3.63) is 88.5 Å². The van der Waals surface area contributed by atoms with Gasteiger partial charge >= 0.3 is 5.97 Å². The van der Waals surface area contributed by atoms with Gasteiger partial charge in [-0.05, 0) is 124 Å². The van der Waals surface area contributed by atoms with Crippen molar-refractivity contribution in [1.82, 2.24) is 10.6 Å². The Morgan fingerprint density at radius 2 is 1.71 bits per heavy atom. The number of benzene rings is 2. The molecule has 342 valence electrons. The van der Waals surface area contributed by atoms with Gasteiger partial charge in [-0.1, -0.05) is 106 Å². The molecule has 1 aliphatic carbocycles. The van der Waals surface area contributed by atoms with Crippen molar-refractivity contribution in [2.24, 2.45) is 5.92 Å². The average molecular weight is 857 g/mol. The van der Waals surface area contributed by atoms with Crippen LogP contribution in [0.2, 0.25) is 0 Å². The zero-order valence-electron chi connectivity index (χ0n) is 37.6. The minimum atomic E-state index is -1.36. The number of nitrogens with one attached hydrogen (secondary N) is 2. The van der Waals surface area contributed by atoms with E-state index in [2.05, 4.69) is 35.5 Å². The van der Waals surface area contributed by atoms with Crippen molar-refractivity contribution >= 4 is 5.97 Å². The molecule has 2 aliphatic heterocycles. The van der Waals surface area contributed by atoms with Crippen LogP contribution in [0.15, 0.2) is 71.8 Å². The van der Waals surface area contributed by atoms with Crippen molar-refractivity contribution in [3.8, 4) is 17.6 Å². The van der Waals surface area contributed by atoms with Crippen LogP contribution in [0.5, 0.6) is 5.75 Å². The smallest absolute Gasteiger partial charge is 0.303 e. The number of carbonyl (C=O) groups is 1. The number of rotatable bonds is 18. The van der Waals surface area contributed by atoms with Gasteiger partial charge in [0, 0.05) is 48.0 Å². The first-order valence-corrected chi connectivity index (χ1v) is 23.7. The number of aliphatic hydroxyl groups is 5. The van der Waals surface area contributed by atoms with Crippen molar-refractivity contribution < 1.29 is 40.5 Å². The Morgan fingerprint density at radius 1 is 0.968 bits per heavy atom. The SMILES string of the molecule is CCCC[C@H](O)[C@H](O)/C=C/C1=C(\C[C@H](O)CO)[C@H](CCC[C@H]2N[C@@H](C)CCC[C@@H]2CC(=O)O)N[C@@H]([C@@](C)(O)C2(c3ccc(O)cc3)CCCCC2)CC#Cc2ccccc2CC1. The van der Waals surface area contributed by atoms with Crippen LogP contribution >= 0.6 is 0 Å². The molecule has 9 N–H and O–H groups in total. The number of phenolic OH excluding ortho intramolecular Hbond substituents is 1. The lowest BCUT2D eigenvalue weighted by Crippen LogP contribution is -2.63. The molecule has 0 spiro atoms. The van der Waals surface area contributed by atoms with Gasteiger partial charge in [-0.15, -0.1) is 0 Å². The summed E-state index contributed by atoms with van der Waals surface area (Å²) in [7, 11) is 0. The molecule has 3 aliphatic rings. The third kappa shape index (κ3) is 13.3. The van der Waals surface area contributed by atoms with Crippen LogP contribution in [0.3, 0.4) is 0 Å². The van der Waals surface area contributed by atoms with E-state index in [4.69, 9.17) is 0 Å². The first kappa shape index (κ1) is 49.5. The molecule has 10 nitrogen and oxygen atoms in total. The summed E-state index contributed by atoms with van der Waals surface area (Å²) >= 11 is 0. The van der Waals surface area contributed by atoms with Crippen LogP contribution in [0.1, 0.15) is 153 Å². The molecule has 0 amide bonds. The van der Waals surface area contributed by atoms with Crippen LogP contribution < -0.4 is 10.6 Å². The molecule has 9 atom stereocenters. The Bertz CT molecular complexity index is 1820. The molecule has 2 aromatic carbocycles. The second kappa shape index (κ2) is 24.0. The Hall–Kier alpha value is -3.53. The molecule has 2 aromatic rings. The summed E-state index contributed by atoms with van der Waals surface area (Å²) in [4.78, 5) is 12.0. The predicted molar refractivity (Wildman–Crippen MR) is 246 cm³/mol.